The van der Waals surface area contributed by atoms with E-state index in [9.17, 15) is 25.4 Å². The van der Waals surface area contributed by atoms with E-state index in [1.807, 2.05) is 18.2 Å². The zero-order valence-corrected chi connectivity index (χ0v) is 29.2. The molecule has 48 heavy (non-hydrogen) atoms. The molecule has 0 N–H and O–H groups in total. The van der Waals surface area contributed by atoms with E-state index in [1.54, 1.807) is 12.2 Å². The van der Waals surface area contributed by atoms with Gasteiger partial charge in [0.05, 0.1) is 30.1 Å². The smallest absolute Gasteiger partial charge is 0.330 e. The summed E-state index contributed by atoms with van der Waals surface area (Å²) in [6.07, 6.45) is 14.0. The minimum atomic E-state index is -0.540. The lowest BCUT2D eigenvalue weighted by Crippen LogP contribution is -2.28. The van der Waals surface area contributed by atoms with Gasteiger partial charge in [-0.2, -0.15) is 15.8 Å². The third-order valence-corrected chi connectivity index (χ3v) is 8.38. The van der Waals surface area contributed by atoms with Crippen LogP contribution in [0, 0.1) is 39.9 Å². The summed E-state index contributed by atoms with van der Waals surface area (Å²) in [4.78, 5) is 28.8. The number of ether oxygens (including phenoxy) is 2. The average molecular weight is 654 g/mol. The SMILES string of the molecule is C=CC(=O)OCCCCN1C(=O)C(/C=C/c2ccc(N(CCCC)CCCC)cc2OCC(CC)CCCC)=C(C#N)C1=C(C#N)C#N. The zero-order valence-electron chi connectivity index (χ0n) is 29.2. The highest BCUT2D eigenvalue weighted by Gasteiger charge is 2.36. The van der Waals surface area contributed by atoms with Crippen molar-refractivity contribution in [1.29, 1.82) is 15.8 Å². The van der Waals surface area contributed by atoms with Gasteiger partial charge in [0.25, 0.3) is 5.91 Å². The van der Waals surface area contributed by atoms with Crippen LogP contribution >= 0.6 is 0 Å². The Morgan fingerprint density at radius 3 is 2.25 bits per heavy atom. The Morgan fingerprint density at radius 2 is 1.67 bits per heavy atom. The standard InChI is InChI=1S/C39H51N5O4/c1-6-11-16-30(9-4)29-48-36-25-33(43(21-12-7-2)22-13-8-3)19-17-31(36)18-20-34-35(28-42)38(32(26-40)27-41)44(39(34)46)23-14-15-24-47-37(45)10-5/h10,17-20,25,30H,5-9,11-16,21-24,29H2,1-4H3/b20-18+. The van der Waals surface area contributed by atoms with Crippen molar-refractivity contribution in [3.63, 3.8) is 0 Å². The molecule has 0 saturated heterocycles. The monoisotopic (exact) mass is 653 g/mol. The number of amides is 1. The lowest BCUT2D eigenvalue weighted by Gasteiger charge is -2.26. The molecular formula is C39H51N5O4. The molecule has 1 heterocycles. The third-order valence-electron chi connectivity index (χ3n) is 8.38. The maximum Gasteiger partial charge on any atom is 0.330 e. The molecule has 9 heteroatoms. The molecule has 1 atom stereocenters. The quantitative estimate of drug-likeness (QED) is 0.0530. The number of hydrogen-bond donors (Lipinski definition) is 0. The van der Waals surface area contributed by atoms with Gasteiger partial charge in [-0.3, -0.25) is 4.79 Å². The van der Waals surface area contributed by atoms with Crippen molar-refractivity contribution in [2.24, 2.45) is 5.92 Å². The second kappa shape index (κ2) is 21.9. The fourth-order valence-electron chi connectivity index (χ4n) is 5.42. The Labute approximate surface area is 287 Å². The highest BCUT2D eigenvalue weighted by Crippen LogP contribution is 2.34. The van der Waals surface area contributed by atoms with Crippen LogP contribution in [-0.4, -0.2) is 49.6 Å². The number of rotatable bonds is 22. The summed E-state index contributed by atoms with van der Waals surface area (Å²) < 4.78 is 11.5. The molecule has 0 bridgehead atoms. The third kappa shape index (κ3) is 11.5. The predicted octanol–water partition coefficient (Wildman–Crippen LogP) is 8.17. The Kier molecular flexibility index (Phi) is 18.0. The van der Waals surface area contributed by atoms with Crippen molar-refractivity contribution in [2.75, 3.05) is 37.7 Å². The number of nitrogens with zero attached hydrogens (tertiary/aromatic N) is 5. The van der Waals surface area contributed by atoms with E-state index in [2.05, 4.69) is 57.4 Å². The van der Waals surface area contributed by atoms with E-state index in [4.69, 9.17) is 9.47 Å². The molecule has 0 aromatic heterocycles. The van der Waals surface area contributed by atoms with Gasteiger partial charge < -0.3 is 19.3 Å². The molecule has 1 amide bonds. The Morgan fingerprint density at radius 1 is 0.979 bits per heavy atom. The normalized spacial score (nSPS) is 13.2. The number of unbranched alkanes of at least 4 members (excludes halogenated alkanes) is 4. The summed E-state index contributed by atoms with van der Waals surface area (Å²) in [5, 5.41) is 29.5. The molecular weight excluding hydrogens is 602 g/mol. The van der Waals surface area contributed by atoms with Crippen LogP contribution in [0.25, 0.3) is 6.08 Å². The molecule has 1 aliphatic rings. The van der Waals surface area contributed by atoms with Gasteiger partial charge >= 0.3 is 5.97 Å². The molecule has 0 saturated carbocycles. The van der Waals surface area contributed by atoms with Gasteiger partial charge in [-0.05, 0) is 56.2 Å². The first-order chi connectivity index (χ1) is 23.3. The van der Waals surface area contributed by atoms with Gasteiger partial charge in [-0.25, -0.2) is 4.79 Å². The minimum Gasteiger partial charge on any atom is -0.493 e. The molecule has 0 aliphatic carbocycles. The van der Waals surface area contributed by atoms with Gasteiger partial charge in [0.15, 0.2) is 5.57 Å². The summed E-state index contributed by atoms with van der Waals surface area (Å²) in [5.74, 6) is 0.113. The number of esters is 1. The van der Waals surface area contributed by atoms with Gasteiger partial charge in [0, 0.05) is 43.0 Å². The van der Waals surface area contributed by atoms with Crippen molar-refractivity contribution in [2.45, 2.75) is 91.9 Å². The van der Waals surface area contributed by atoms with Crippen molar-refractivity contribution in [3.05, 3.63) is 64.9 Å². The molecule has 2 rings (SSSR count). The molecule has 1 unspecified atom stereocenters. The summed E-state index contributed by atoms with van der Waals surface area (Å²) >= 11 is 0. The van der Waals surface area contributed by atoms with Gasteiger partial charge in [0.1, 0.15) is 24.0 Å². The first kappa shape index (κ1) is 39.4. The fourth-order valence-corrected chi connectivity index (χ4v) is 5.42. The summed E-state index contributed by atoms with van der Waals surface area (Å²) in [6.45, 7) is 14.9. The Hall–Kier alpha value is -4.81. The highest BCUT2D eigenvalue weighted by atomic mass is 16.5. The van der Waals surface area contributed by atoms with E-state index in [1.165, 1.54) is 4.90 Å². The van der Waals surface area contributed by atoms with Crippen molar-refractivity contribution in [1.82, 2.24) is 4.90 Å². The second-order valence-electron chi connectivity index (χ2n) is 11.9. The van der Waals surface area contributed by atoms with Crippen LogP contribution in [0.15, 0.2) is 59.3 Å². The molecule has 1 aromatic carbocycles. The van der Waals surface area contributed by atoms with Crippen molar-refractivity contribution < 1.29 is 19.1 Å². The molecule has 1 aliphatic heterocycles. The van der Waals surface area contributed by atoms with E-state index >= 15 is 0 Å². The zero-order chi connectivity index (χ0) is 35.3. The lowest BCUT2D eigenvalue weighted by molar-refractivity contribution is -0.138. The number of benzene rings is 1. The minimum absolute atomic E-state index is 0.00580. The fraction of sp³-hybridized carbons (Fsp3) is 0.513. The summed E-state index contributed by atoms with van der Waals surface area (Å²) in [5.41, 5.74) is 1.62. The van der Waals surface area contributed by atoms with E-state index in [0.29, 0.717) is 31.1 Å². The Bertz CT molecular complexity index is 1450. The molecule has 0 fully saturated rings. The van der Waals surface area contributed by atoms with Crippen LogP contribution < -0.4 is 9.64 Å². The summed E-state index contributed by atoms with van der Waals surface area (Å²) in [6, 6.07) is 11.9. The molecule has 1 aromatic rings. The molecule has 256 valence electrons. The van der Waals surface area contributed by atoms with Crippen molar-refractivity contribution >= 4 is 23.6 Å². The van der Waals surface area contributed by atoms with Crippen LogP contribution in [0.1, 0.15) is 97.5 Å². The Balaban J connectivity index is 2.51. The van der Waals surface area contributed by atoms with Gasteiger partial charge in [0.2, 0.25) is 0 Å². The molecule has 0 radical (unpaired) electrons. The first-order valence-electron chi connectivity index (χ1n) is 17.3. The number of hydrogen-bond acceptors (Lipinski definition) is 8. The largest absolute Gasteiger partial charge is 0.493 e. The highest BCUT2D eigenvalue weighted by molar-refractivity contribution is 6.05. The second-order valence-corrected chi connectivity index (χ2v) is 11.9. The average Bonchev–Trinajstić information content (AvgIpc) is 3.37. The van der Waals surface area contributed by atoms with Crippen LogP contribution in [0.4, 0.5) is 5.69 Å². The number of allylic oxidation sites excluding steroid dienone is 2. The maximum absolute atomic E-state index is 13.7. The number of carbonyl (C=O) groups is 2. The van der Waals surface area contributed by atoms with Crippen LogP contribution in [0.5, 0.6) is 5.75 Å². The van der Waals surface area contributed by atoms with Crippen LogP contribution in [-0.2, 0) is 14.3 Å². The van der Waals surface area contributed by atoms with E-state index < -0.39 is 11.9 Å². The van der Waals surface area contributed by atoms with Gasteiger partial charge in [-0.1, -0.05) is 72.5 Å². The van der Waals surface area contributed by atoms with Crippen LogP contribution in [0.3, 0.4) is 0 Å². The molecule has 9 nitrogen and oxygen atoms in total. The lowest BCUT2D eigenvalue weighted by atomic mass is 10.0. The van der Waals surface area contributed by atoms with Crippen LogP contribution in [0.2, 0.25) is 0 Å². The van der Waals surface area contributed by atoms with Crippen molar-refractivity contribution in [3.8, 4) is 24.0 Å². The van der Waals surface area contributed by atoms with E-state index in [0.717, 1.165) is 81.8 Å². The number of anilines is 1. The first-order valence-corrected chi connectivity index (χ1v) is 17.3. The predicted molar refractivity (Wildman–Crippen MR) is 189 cm³/mol. The maximum atomic E-state index is 13.7. The van der Waals surface area contributed by atoms with Gasteiger partial charge in [-0.15, -0.1) is 0 Å². The number of carbonyl (C=O) groups excluding carboxylic acids is 2. The summed E-state index contributed by atoms with van der Waals surface area (Å²) in [7, 11) is 0. The molecule has 0 spiro atoms. The van der Waals surface area contributed by atoms with E-state index in [-0.39, 0.29) is 35.6 Å². The topological polar surface area (TPSA) is 130 Å². The number of nitriles is 3.